The van der Waals surface area contributed by atoms with E-state index >= 15 is 0 Å². The van der Waals surface area contributed by atoms with Gasteiger partial charge in [-0.2, -0.15) is 0 Å². The third-order valence-corrected chi connectivity index (χ3v) is 5.94. The maximum atomic E-state index is 11.9. The predicted octanol–water partition coefficient (Wildman–Crippen LogP) is 0.728. The Labute approximate surface area is 152 Å². The minimum atomic E-state index is -3.42. The molecule has 0 spiro atoms. The van der Waals surface area contributed by atoms with E-state index in [2.05, 4.69) is 6.58 Å². The van der Waals surface area contributed by atoms with E-state index in [0.717, 1.165) is 0 Å². The molecule has 0 bridgehead atoms. The molecule has 0 saturated carbocycles. The number of aliphatic hydroxyl groups excluding tert-OH is 3. The molecule has 1 aromatic rings. The maximum absolute atomic E-state index is 11.9. The SMILES string of the molecule is C=CCP(=O)(O)CC[C@H]1OC(Oc2ccc(OC)cc2)[C@@H](O)[C@@H](O)[C@@H]1O. The number of ether oxygens (including phenoxy) is 3. The van der Waals surface area contributed by atoms with Crippen LogP contribution in [0.25, 0.3) is 0 Å². The van der Waals surface area contributed by atoms with E-state index in [1.165, 1.54) is 13.2 Å². The molecule has 2 unspecified atom stereocenters. The summed E-state index contributed by atoms with van der Waals surface area (Å²) in [5.74, 6) is 0.994. The minimum absolute atomic E-state index is 0.0229. The second kappa shape index (κ2) is 8.99. The standard InChI is InChI=1S/C17H25O8P/c1-3-9-26(21,22)10-8-13-14(18)15(19)16(20)17(25-13)24-12-6-4-11(23-2)5-7-12/h3-7,13-20H,1,8-10H2,2H3,(H,21,22)/t13-,14-,15+,16+,17?/m1/s1. The lowest BCUT2D eigenvalue weighted by molar-refractivity contribution is -0.272. The summed E-state index contributed by atoms with van der Waals surface area (Å²) in [6.45, 7) is 3.43. The number of hydrogen-bond acceptors (Lipinski definition) is 7. The van der Waals surface area contributed by atoms with Crippen molar-refractivity contribution < 1.29 is 39.0 Å². The van der Waals surface area contributed by atoms with Gasteiger partial charge < -0.3 is 34.4 Å². The number of rotatable bonds is 8. The van der Waals surface area contributed by atoms with Crippen LogP contribution in [-0.4, -0.2) is 70.4 Å². The lowest BCUT2D eigenvalue weighted by atomic mass is 9.97. The van der Waals surface area contributed by atoms with Gasteiger partial charge in [-0.25, -0.2) is 0 Å². The highest BCUT2D eigenvalue weighted by atomic mass is 31.2. The zero-order chi connectivity index (χ0) is 19.3. The van der Waals surface area contributed by atoms with Crippen molar-refractivity contribution in [3.63, 3.8) is 0 Å². The summed E-state index contributed by atoms with van der Waals surface area (Å²) in [4.78, 5) is 9.79. The van der Waals surface area contributed by atoms with Gasteiger partial charge in [0, 0.05) is 12.3 Å². The summed E-state index contributed by atoms with van der Waals surface area (Å²) in [5, 5.41) is 30.2. The molecule has 1 aliphatic heterocycles. The van der Waals surface area contributed by atoms with Crippen LogP contribution in [0.15, 0.2) is 36.9 Å². The summed E-state index contributed by atoms with van der Waals surface area (Å²) in [6, 6.07) is 6.52. The van der Waals surface area contributed by atoms with Crippen molar-refractivity contribution in [1.82, 2.24) is 0 Å². The Morgan fingerprint density at radius 3 is 2.35 bits per heavy atom. The Hall–Kier alpha value is -1.41. The molecule has 0 amide bonds. The first-order chi connectivity index (χ1) is 12.3. The van der Waals surface area contributed by atoms with Crippen molar-refractivity contribution in [2.75, 3.05) is 19.4 Å². The maximum Gasteiger partial charge on any atom is 0.229 e. The minimum Gasteiger partial charge on any atom is -0.497 e. The number of methoxy groups -OCH3 is 1. The van der Waals surface area contributed by atoms with E-state index in [1.54, 1.807) is 24.3 Å². The molecule has 1 aromatic carbocycles. The molecule has 6 atom stereocenters. The van der Waals surface area contributed by atoms with Gasteiger partial charge in [-0.3, -0.25) is 4.57 Å². The van der Waals surface area contributed by atoms with Crippen LogP contribution in [-0.2, 0) is 9.30 Å². The highest BCUT2D eigenvalue weighted by Crippen LogP contribution is 2.42. The number of benzene rings is 1. The fraction of sp³-hybridized carbons (Fsp3) is 0.529. The third kappa shape index (κ3) is 5.30. The number of allylic oxidation sites excluding steroid dienone is 1. The van der Waals surface area contributed by atoms with E-state index < -0.39 is 38.1 Å². The highest BCUT2D eigenvalue weighted by Gasteiger charge is 2.45. The van der Waals surface area contributed by atoms with Crippen molar-refractivity contribution in [2.24, 2.45) is 0 Å². The zero-order valence-electron chi connectivity index (χ0n) is 14.5. The van der Waals surface area contributed by atoms with Gasteiger partial charge in [0.2, 0.25) is 13.7 Å². The van der Waals surface area contributed by atoms with Crippen LogP contribution in [0.1, 0.15) is 6.42 Å². The summed E-state index contributed by atoms with van der Waals surface area (Å²) in [5.41, 5.74) is 0. The van der Waals surface area contributed by atoms with Gasteiger partial charge >= 0.3 is 0 Å². The van der Waals surface area contributed by atoms with Crippen molar-refractivity contribution in [1.29, 1.82) is 0 Å². The van der Waals surface area contributed by atoms with Crippen molar-refractivity contribution in [3.05, 3.63) is 36.9 Å². The normalized spacial score (nSPS) is 31.0. The third-order valence-electron chi connectivity index (χ3n) is 4.16. The molecular weight excluding hydrogens is 363 g/mol. The van der Waals surface area contributed by atoms with Crippen LogP contribution in [0.5, 0.6) is 11.5 Å². The second-order valence-corrected chi connectivity index (χ2v) is 8.64. The monoisotopic (exact) mass is 388 g/mol. The summed E-state index contributed by atoms with van der Waals surface area (Å²) in [7, 11) is -1.90. The van der Waals surface area contributed by atoms with Crippen LogP contribution in [0.2, 0.25) is 0 Å². The highest BCUT2D eigenvalue weighted by molar-refractivity contribution is 7.58. The Bertz CT molecular complexity index is 634. The van der Waals surface area contributed by atoms with Gasteiger partial charge in [-0.15, -0.1) is 6.58 Å². The van der Waals surface area contributed by atoms with Crippen molar-refractivity contribution in [2.45, 2.75) is 37.1 Å². The van der Waals surface area contributed by atoms with Gasteiger partial charge in [0.15, 0.2) is 0 Å². The molecule has 26 heavy (non-hydrogen) atoms. The van der Waals surface area contributed by atoms with Crippen LogP contribution in [0.4, 0.5) is 0 Å². The first-order valence-electron chi connectivity index (χ1n) is 8.19. The molecule has 2 rings (SSSR count). The van der Waals surface area contributed by atoms with Crippen molar-refractivity contribution >= 4 is 7.37 Å². The van der Waals surface area contributed by atoms with E-state index in [4.69, 9.17) is 14.2 Å². The molecule has 9 heteroatoms. The van der Waals surface area contributed by atoms with Gasteiger partial charge in [0.25, 0.3) is 0 Å². The molecule has 8 nitrogen and oxygen atoms in total. The second-order valence-electron chi connectivity index (χ2n) is 6.14. The lowest BCUT2D eigenvalue weighted by Crippen LogP contribution is -2.59. The Morgan fingerprint density at radius 2 is 1.77 bits per heavy atom. The van der Waals surface area contributed by atoms with Gasteiger partial charge in [0.1, 0.15) is 29.8 Å². The van der Waals surface area contributed by atoms with E-state index in [1.807, 2.05) is 0 Å². The Kier molecular flexibility index (Phi) is 7.23. The summed E-state index contributed by atoms with van der Waals surface area (Å²) < 4.78 is 28.1. The van der Waals surface area contributed by atoms with Crippen LogP contribution in [0, 0.1) is 0 Å². The average Bonchev–Trinajstić information content (AvgIpc) is 2.61. The molecular formula is C17H25O8P. The molecule has 0 aliphatic carbocycles. The largest absolute Gasteiger partial charge is 0.497 e. The van der Waals surface area contributed by atoms with Crippen molar-refractivity contribution in [3.8, 4) is 11.5 Å². The number of aliphatic hydroxyl groups is 3. The molecule has 1 fully saturated rings. The molecule has 4 N–H and O–H groups in total. The predicted molar refractivity (Wildman–Crippen MR) is 94.7 cm³/mol. The molecule has 1 saturated heterocycles. The number of hydrogen-bond donors (Lipinski definition) is 4. The molecule has 1 heterocycles. The Morgan fingerprint density at radius 1 is 1.15 bits per heavy atom. The first-order valence-corrected chi connectivity index (χ1v) is 10.2. The fourth-order valence-corrected chi connectivity index (χ4v) is 3.91. The zero-order valence-corrected chi connectivity index (χ0v) is 15.4. The van der Waals surface area contributed by atoms with Gasteiger partial charge in [-0.1, -0.05) is 6.08 Å². The molecule has 146 valence electrons. The molecule has 0 radical (unpaired) electrons. The van der Waals surface area contributed by atoms with Crippen LogP contribution in [0.3, 0.4) is 0 Å². The fourth-order valence-electron chi connectivity index (χ4n) is 2.66. The van der Waals surface area contributed by atoms with E-state index in [9.17, 15) is 24.8 Å². The molecule has 1 aliphatic rings. The summed E-state index contributed by atoms with van der Waals surface area (Å²) in [6.07, 6.45) is -5.35. The van der Waals surface area contributed by atoms with Crippen LogP contribution >= 0.6 is 7.37 Å². The average molecular weight is 388 g/mol. The van der Waals surface area contributed by atoms with Gasteiger partial charge in [-0.05, 0) is 30.7 Å². The summed E-state index contributed by atoms with van der Waals surface area (Å²) >= 11 is 0. The Balaban J connectivity index is 2.04. The smallest absolute Gasteiger partial charge is 0.229 e. The molecule has 0 aromatic heterocycles. The van der Waals surface area contributed by atoms with Gasteiger partial charge in [0.05, 0.1) is 13.2 Å². The first kappa shape index (κ1) is 20.9. The van der Waals surface area contributed by atoms with Crippen LogP contribution < -0.4 is 9.47 Å². The van der Waals surface area contributed by atoms with E-state index in [0.29, 0.717) is 11.5 Å². The quantitative estimate of drug-likeness (QED) is 0.379. The lowest BCUT2D eigenvalue weighted by Gasteiger charge is -2.40. The topological polar surface area (TPSA) is 126 Å². The van der Waals surface area contributed by atoms with E-state index in [-0.39, 0.29) is 18.7 Å².